The van der Waals surface area contributed by atoms with E-state index in [1.807, 2.05) is 30.3 Å². The first kappa shape index (κ1) is 10.8. The van der Waals surface area contributed by atoms with E-state index in [0.29, 0.717) is 18.1 Å². The SMILES string of the molecule is Cn1nc(N)c2c1NC(=O)CC2c1ccccc1. The largest absolute Gasteiger partial charge is 0.382 e. The number of fused-ring (bicyclic) bond motifs is 1. The molecule has 1 aliphatic rings. The zero-order valence-electron chi connectivity index (χ0n) is 10.1. The van der Waals surface area contributed by atoms with Crippen LogP contribution in [0.2, 0.25) is 0 Å². The predicted octanol–water partition coefficient (Wildman–Crippen LogP) is 1.48. The molecule has 1 unspecified atom stereocenters. The predicted molar refractivity (Wildman–Crippen MR) is 69.2 cm³/mol. The molecule has 5 heteroatoms. The maximum Gasteiger partial charge on any atom is 0.226 e. The Hall–Kier alpha value is -2.30. The van der Waals surface area contributed by atoms with Crippen molar-refractivity contribution in [1.29, 1.82) is 0 Å². The number of hydrogen-bond acceptors (Lipinski definition) is 3. The summed E-state index contributed by atoms with van der Waals surface area (Å²) in [6.07, 6.45) is 0.410. The third kappa shape index (κ3) is 1.55. The van der Waals surface area contributed by atoms with E-state index in [1.54, 1.807) is 11.7 Å². The van der Waals surface area contributed by atoms with Crippen LogP contribution in [0.4, 0.5) is 11.6 Å². The summed E-state index contributed by atoms with van der Waals surface area (Å²) in [6.45, 7) is 0. The molecule has 0 spiro atoms. The Bertz CT molecular complexity index is 603. The number of carbonyl (C=O) groups excluding carboxylic acids is 1. The van der Waals surface area contributed by atoms with Crippen LogP contribution in [-0.4, -0.2) is 15.7 Å². The van der Waals surface area contributed by atoms with Crippen molar-refractivity contribution < 1.29 is 4.79 Å². The molecule has 2 aromatic rings. The smallest absolute Gasteiger partial charge is 0.226 e. The fraction of sp³-hybridized carbons (Fsp3) is 0.231. The first-order chi connectivity index (χ1) is 8.66. The molecule has 0 fully saturated rings. The fourth-order valence-corrected chi connectivity index (χ4v) is 2.49. The second kappa shape index (κ2) is 3.87. The Kier molecular flexibility index (Phi) is 2.33. The second-order valence-electron chi connectivity index (χ2n) is 4.49. The third-order valence-electron chi connectivity index (χ3n) is 3.31. The molecule has 0 aliphatic carbocycles. The molecule has 92 valence electrons. The zero-order valence-corrected chi connectivity index (χ0v) is 10.1. The van der Waals surface area contributed by atoms with Gasteiger partial charge in [0.2, 0.25) is 5.91 Å². The van der Waals surface area contributed by atoms with Crippen LogP contribution in [0, 0.1) is 0 Å². The summed E-state index contributed by atoms with van der Waals surface area (Å²) < 4.78 is 1.62. The number of rotatable bonds is 1. The van der Waals surface area contributed by atoms with Crippen LogP contribution in [0.3, 0.4) is 0 Å². The van der Waals surface area contributed by atoms with Crippen molar-refractivity contribution >= 4 is 17.5 Å². The van der Waals surface area contributed by atoms with Gasteiger partial charge < -0.3 is 11.1 Å². The highest BCUT2D eigenvalue weighted by Gasteiger charge is 2.31. The van der Waals surface area contributed by atoms with Crippen LogP contribution in [-0.2, 0) is 11.8 Å². The third-order valence-corrected chi connectivity index (χ3v) is 3.31. The molecule has 1 aromatic carbocycles. The average molecular weight is 242 g/mol. The van der Waals surface area contributed by atoms with Gasteiger partial charge in [0.05, 0.1) is 0 Å². The molecular formula is C13H14N4O. The van der Waals surface area contributed by atoms with E-state index in [2.05, 4.69) is 10.4 Å². The molecule has 0 saturated carbocycles. The molecule has 3 N–H and O–H groups in total. The minimum Gasteiger partial charge on any atom is -0.382 e. The van der Waals surface area contributed by atoms with Gasteiger partial charge in [-0.3, -0.25) is 9.48 Å². The molecule has 5 nitrogen and oxygen atoms in total. The van der Waals surface area contributed by atoms with Crippen molar-refractivity contribution in [2.45, 2.75) is 12.3 Å². The minimum absolute atomic E-state index is 0.000599. The highest BCUT2D eigenvalue weighted by molar-refractivity contribution is 5.95. The summed E-state index contributed by atoms with van der Waals surface area (Å²) in [7, 11) is 1.78. The quantitative estimate of drug-likeness (QED) is 0.795. The molecule has 0 saturated heterocycles. The number of nitrogens with one attached hydrogen (secondary N) is 1. The van der Waals surface area contributed by atoms with Crippen molar-refractivity contribution in [3.63, 3.8) is 0 Å². The molecular weight excluding hydrogens is 228 g/mol. The van der Waals surface area contributed by atoms with Crippen LogP contribution < -0.4 is 11.1 Å². The van der Waals surface area contributed by atoms with Gasteiger partial charge in [0.1, 0.15) is 5.82 Å². The maximum atomic E-state index is 11.8. The van der Waals surface area contributed by atoms with Crippen molar-refractivity contribution in [2.75, 3.05) is 11.1 Å². The summed E-state index contributed by atoms with van der Waals surface area (Å²) >= 11 is 0. The summed E-state index contributed by atoms with van der Waals surface area (Å²) in [5, 5.41) is 7.01. The highest BCUT2D eigenvalue weighted by atomic mass is 16.1. The average Bonchev–Trinajstić information content (AvgIpc) is 2.65. The Balaban J connectivity index is 2.16. The molecule has 18 heavy (non-hydrogen) atoms. The van der Waals surface area contributed by atoms with Gasteiger partial charge in [-0.2, -0.15) is 5.10 Å². The van der Waals surface area contributed by atoms with Gasteiger partial charge in [-0.05, 0) is 5.56 Å². The molecule has 1 amide bonds. The molecule has 0 bridgehead atoms. The van der Waals surface area contributed by atoms with Crippen molar-refractivity contribution in [3.8, 4) is 0 Å². The van der Waals surface area contributed by atoms with Crippen molar-refractivity contribution in [3.05, 3.63) is 41.5 Å². The van der Waals surface area contributed by atoms with Crippen molar-refractivity contribution in [2.24, 2.45) is 7.05 Å². The van der Waals surface area contributed by atoms with Crippen LogP contribution in [0.15, 0.2) is 30.3 Å². The van der Waals surface area contributed by atoms with Gasteiger partial charge in [0.15, 0.2) is 5.82 Å². The molecule has 2 heterocycles. The number of carbonyl (C=O) groups is 1. The highest BCUT2D eigenvalue weighted by Crippen LogP contribution is 2.39. The van der Waals surface area contributed by atoms with Gasteiger partial charge in [0.25, 0.3) is 0 Å². The van der Waals surface area contributed by atoms with E-state index in [0.717, 1.165) is 11.1 Å². The first-order valence-corrected chi connectivity index (χ1v) is 5.84. The van der Waals surface area contributed by atoms with E-state index < -0.39 is 0 Å². The summed E-state index contributed by atoms with van der Waals surface area (Å²) in [4.78, 5) is 11.8. The lowest BCUT2D eigenvalue weighted by molar-refractivity contribution is -0.116. The second-order valence-corrected chi connectivity index (χ2v) is 4.49. The van der Waals surface area contributed by atoms with Crippen LogP contribution in [0.25, 0.3) is 0 Å². The van der Waals surface area contributed by atoms with Crippen LogP contribution in [0.1, 0.15) is 23.5 Å². The van der Waals surface area contributed by atoms with E-state index in [9.17, 15) is 4.79 Å². The van der Waals surface area contributed by atoms with Gasteiger partial charge in [-0.1, -0.05) is 30.3 Å². The number of hydrogen-bond donors (Lipinski definition) is 2. The van der Waals surface area contributed by atoms with E-state index in [-0.39, 0.29) is 11.8 Å². The molecule has 3 rings (SSSR count). The Morgan fingerprint density at radius 2 is 2.11 bits per heavy atom. The van der Waals surface area contributed by atoms with E-state index in [1.165, 1.54) is 0 Å². The van der Waals surface area contributed by atoms with E-state index >= 15 is 0 Å². The van der Waals surface area contributed by atoms with Gasteiger partial charge in [-0.15, -0.1) is 0 Å². The number of benzene rings is 1. The number of amides is 1. The molecule has 1 atom stereocenters. The lowest BCUT2D eigenvalue weighted by Gasteiger charge is -2.23. The molecule has 1 aromatic heterocycles. The molecule has 0 radical (unpaired) electrons. The Labute approximate surface area is 105 Å². The maximum absolute atomic E-state index is 11.8. The zero-order chi connectivity index (χ0) is 12.7. The van der Waals surface area contributed by atoms with Gasteiger partial charge in [0, 0.05) is 24.9 Å². The summed E-state index contributed by atoms with van der Waals surface area (Å²) in [5.41, 5.74) is 7.96. The number of nitrogens with zero attached hydrogens (tertiary/aromatic N) is 2. The summed E-state index contributed by atoms with van der Waals surface area (Å²) in [6, 6.07) is 9.92. The monoisotopic (exact) mass is 242 g/mol. The normalized spacial score (nSPS) is 18.3. The Morgan fingerprint density at radius 1 is 1.39 bits per heavy atom. The Morgan fingerprint density at radius 3 is 2.83 bits per heavy atom. The topological polar surface area (TPSA) is 72.9 Å². The van der Waals surface area contributed by atoms with Crippen LogP contribution in [0.5, 0.6) is 0 Å². The fourth-order valence-electron chi connectivity index (χ4n) is 2.49. The number of aromatic nitrogens is 2. The first-order valence-electron chi connectivity index (χ1n) is 5.84. The lowest BCUT2D eigenvalue weighted by Crippen LogP contribution is -2.24. The molecule has 1 aliphatic heterocycles. The van der Waals surface area contributed by atoms with Crippen LogP contribution >= 0.6 is 0 Å². The summed E-state index contributed by atoms with van der Waals surface area (Å²) in [5.74, 6) is 1.18. The lowest BCUT2D eigenvalue weighted by atomic mass is 9.87. The number of nitrogen functional groups attached to an aromatic ring is 1. The van der Waals surface area contributed by atoms with Gasteiger partial charge in [-0.25, -0.2) is 0 Å². The number of anilines is 2. The number of nitrogens with two attached hydrogens (primary N) is 1. The van der Waals surface area contributed by atoms with E-state index in [4.69, 9.17) is 5.73 Å². The minimum atomic E-state index is -0.0105. The number of aryl methyl sites for hydroxylation is 1. The van der Waals surface area contributed by atoms with Crippen molar-refractivity contribution in [1.82, 2.24) is 9.78 Å². The standard InChI is InChI=1S/C13H14N4O/c1-17-13-11(12(14)16-17)9(7-10(18)15-13)8-5-3-2-4-6-8/h2-6,9H,7H2,1H3,(H2,14,16)(H,15,18). The van der Waals surface area contributed by atoms with Gasteiger partial charge >= 0.3 is 0 Å².